The summed E-state index contributed by atoms with van der Waals surface area (Å²) in [5, 5.41) is 14.1. The predicted molar refractivity (Wildman–Crippen MR) is 69.0 cm³/mol. The van der Waals surface area contributed by atoms with Crippen molar-refractivity contribution in [2.75, 3.05) is 6.54 Å². The van der Waals surface area contributed by atoms with Gasteiger partial charge in [0, 0.05) is 24.2 Å². The van der Waals surface area contributed by atoms with Crippen LogP contribution < -0.4 is 5.32 Å². The molecule has 2 heterocycles. The summed E-state index contributed by atoms with van der Waals surface area (Å²) in [6.45, 7) is 7.51. The van der Waals surface area contributed by atoms with Crippen LogP contribution in [-0.2, 0) is 6.54 Å². The Kier molecular flexibility index (Phi) is 3.46. The van der Waals surface area contributed by atoms with E-state index in [1.54, 1.807) is 11.3 Å². The van der Waals surface area contributed by atoms with E-state index in [1.165, 1.54) is 11.4 Å². The Morgan fingerprint density at radius 1 is 1.59 bits per heavy atom. The molecule has 0 saturated carbocycles. The lowest BCUT2D eigenvalue weighted by Gasteiger charge is -2.06. The van der Waals surface area contributed by atoms with Crippen molar-refractivity contribution < 1.29 is 0 Å². The Morgan fingerprint density at radius 3 is 3.06 bits per heavy atom. The van der Waals surface area contributed by atoms with E-state index in [0.29, 0.717) is 6.54 Å². The Bertz CT molecular complexity index is 561. The Balaban J connectivity index is 2.15. The lowest BCUT2D eigenvalue weighted by Crippen LogP contribution is -2.21. The molecule has 0 aliphatic carbocycles. The number of nitriles is 1. The number of hydrogen-bond donors (Lipinski definition) is 1. The van der Waals surface area contributed by atoms with Crippen molar-refractivity contribution in [2.45, 2.75) is 27.3 Å². The molecule has 0 bridgehead atoms. The van der Waals surface area contributed by atoms with Gasteiger partial charge in [-0.2, -0.15) is 5.26 Å². The van der Waals surface area contributed by atoms with Crippen molar-refractivity contribution in [3.8, 4) is 6.07 Å². The molecule has 1 atom stereocenters. The van der Waals surface area contributed by atoms with Gasteiger partial charge in [0.05, 0.1) is 23.4 Å². The lowest BCUT2D eigenvalue weighted by molar-refractivity contribution is 0.591. The third kappa shape index (κ3) is 2.33. The SMILES string of the molecule is Cc1nc2scc(C)n2c1CNCC(C)C#N. The quantitative estimate of drug-likeness (QED) is 0.903. The van der Waals surface area contributed by atoms with E-state index in [1.807, 2.05) is 13.8 Å². The smallest absolute Gasteiger partial charge is 0.194 e. The van der Waals surface area contributed by atoms with Crippen LogP contribution in [0.2, 0.25) is 0 Å². The first-order valence-electron chi connectivity index (χ1n) is 5.66. The number of imidazole rings is 1. The van der Waals surface area contributed by atoms with E-state index in [0.717, 1.165) is 17.2 Å². The minimum absolute atomic E-state index is 0.0438. The predicted octanol–water partition coefficient (Wildman–Crippen LogP) is 2.26. The molecular weight excluding hydrogens is 232 g/mol. The molecule has 0 saturated heterocycles. The summed E-state index contributed by atoms with van der Waals surface area (Å²) < 4.78 is 2.18. The fraction of sp³-hybridized carbons (Fsp3) is 0.500. The van der Waals surface area contributed by atoms with Gasteiger partial charge in [-0.15, -0.1) is 11.3 Å². The second-order valence-electron chi connectivity index (χ2n) is 4.30. The van der Waals surface area contributed by atoms with Crippen LogP contribution in [0.1, 0.15) is 24.0 Å². The summed E-state index contributed by atoms with van der Waals surface area (Å²) in [5.41, 5.74) is 3.48. The van der Waals surface area contributed by atoms with Gasteiger partial charge in [0.15, 0.2) is 4.96 Å². The average Bonchev–Trinajstić information content (AvgIpc) is 2.80. The summed E-state index contributed by atoms with van der Waals surface area (Å²) in [7, 11) is 0. The maximum atomic E-state index is 8.72. The van der Waals surface area contributed by atoms with Crippen LogP contribution >= 0.6 is 11.3 Å². The van der Waals surface area contributed by atoms with Gasteiger partial charge in [0.25, 0.3) is 0 Å². The van der Waals surface area contributed by atoms with E-state index in [2.05, 4.69) is 33.1 Å². The normalized spacial score (nSPS) is 12.8. The minimum Gasteiger partial charge on any atom is -0.310 e. The first-order valence-corrected chi connectivity index (χ1v) is 6.53. The van der Waals surface area contributed by atoms with E-state index >= 15 is 0 Å². The van der Waals surface area contributed by atoms with Crippen molar-refractivity contribution in [2.24, 2.45) is 5.92 Å². The molecule has 90 valence electrons. The van der Waals surface area contributed by atoms with Gasteiger partial charge in [0.1, 0.15) is 0 Å². The monoisotopic (exact) mass is 248 g/mol. The second-order valence-corrected chi connectivity index (χ2v) is 5.14. The van der Waals surface area contributed by atoms with Gasteiger partial charge >= 0.3 is 0 Å². The van der Waals surface area contributed by atoms with Crippen LogP contribution in [0.25, 0.3) is 4.96 Å². The highest BCUT2D eigenvalue weighted by atomic mass is 32.1. The Morgan fingerprint density at radius 2 is 2.35 bits per heavy atom. The molecule has 0 fully saturated rings. The molecule has 2 rings (SSSR count). The van der Waals surface area contributed by atoms with Crippen molar-refractivity contribution in [3.05, 3.63) is 22.5 Å². The number of aryl methyl sites for hydroxylation is 2. The third-order valence-electron chi connectivity index (χ3n) is 2.79. The molecular formula is C12H16N4S. The van der Waals surface area contributed by atoms with Crippen molar-refractivity contribution in [1.82, 2.24) is 14.7 Å². The summed E-state index contributed by atoms with van der Waals surface area (Å²) in [5.74, 6) is 0.0438. The molecule has 1 N–H and O–H groups in total. The van der Waals surface area contributed by atoms with E-state index in [9.17, 15) is 0 Å². The van der Waals surface area contributed by atoms with Gasteiger partial charge in [-0.1, -0.05) is 0 Å². The molecule has 0 aliphatic heterocycles. The number of nitrogens with one attached hydrogen (secondary N) is 1. The van der Waals surface area contributed by atoms with Crippen molar-refractivity contribution >= 4 is 16.3 Å². The van der Waals surface area contributed by atoms with Crippen molar-refractivity contribution in [3.63, 3.8) is 0 Å². The van der Waals surface area contributed by atoms with Crippen LogP contribution in [-0.4, -0.2) is 15.9 Å². The molecule has 2 aromatic rings. The number of hydrogen-bond acceptors (Lipinski definition) is 4. The van der Waals surface area contributed by atoms with Gasteiger partial charge in [0.2, 0.25) is 0 Å². The largest absolute Gasteiger partial charge is 0.310 e. The zero-order valence-electron chi connectivity index (χ0n) is 10.3. The fourth-order valence-corrected chi connectivity index (χ4v) is 2.76. The molecule has 0 spiro atoms. The van der Waals surface area contributed by atoms with Crippen LogP contribution in [0.4, 0.5) is 0 Å². The van der Waals surface area contributed by atoms with Crippen LogP contribution in [0.15, 0.2) is 5.38 Å². The average molecular weight is 248 g/mol. The van der Waals surface area contributed by atoms with Crippen LogP contribution in [0, 0.1) is 31.1 Å². The standard InChI is InChI=1S/C12H16N4S/c1-8(4-13)5-14-6-11-10(3)15-12-16(11)9(2)7-17-12/h7-8,14H,5-6H2,1-3H3. The van der Waals surface area contributed by atoms with Crippen LogP contribution in [0.3, 0.4) is 0 Å². The molecule has 0 aliphatic rings. The molecule has 2 aromatic heterocycles. The lowest BCUT2D eigenvalue weighted by atomic mass is 10.2. The highest BCUT2D eigenvalue weighted by molar-refractivity contribution is 7.15. The summed E-state index contributed by atoms with van der Waals surface area (Å²) >= 11 is 1.66. The number of rotatable bonds is 4. The van der Waals surface area contributed by atoms with Crippen LogP contribution in [0.5, 0.6) is 0 Å². The number of thiazole rings is 1. The first-order chi connectivity index (χ1) is 8.13. The zero-order chi connectivity index (χ0) is 12.4. The molecule has 0 radical (unpaired) electrons. The molecule has 17 heavy (non-hydrogen) atoms. The Labute approximate surface area is 105 Å². The summed E-state index contributed by atoms with van der Waals surface area (Å²) in [6.07, 6.45) is 0. The van der Waals surface area contributed by atoms with Gasteiger partial charge < -0.3 is 5.32 Å². The minimum atomic E-state index is 0.0438. The highest BCUT2D eigenvalue weighted by Gasteiger charge is 2.11. The van der Waals surface area contributed by atoms with E-state index in [-0.39, 0.29) is 5.92 Å². The number of nitrogens with zero attached hydrogens (tertiary/aromatic N) is 3. The number of fused-ring (bicyclic) bond motifs is 1. The van der Waals surface area contributed by atoms with Gasteiger partial charge in [-0.3, -0.25) is 4.40 Å². The second kappa shape index (κ2) is 4.86. The maximum absolute atomic E-state index is 8.72. The Hall–Kier alpha value is -1.38. The highest BCUT2D eigenvalue weighted by Crippen LogP contribution is 2.20. The van der Waals surface area contributed by atoms with E-state index in [4.69, 9.17) is 5.26 Å². The third-order valence-corrected chi connectivity index (χ3v) is 3.74. The topological polar surface area (TPSA) is 53.1 Å². The number of aromatic nitrogens is 2. The molecule has 1 unspecified atom stereocenters. The zero-order valence-corrected chi connectivity index (χ0v) is 11.1. The molecule has 4 nitrogen and oxygen atoms in total. The summed E-state index contributed by atoms with van der Waals surface area (Å²) in [6, 6.07) is 2.22. The van der Waals surface area contributed by atoms with Gasteiger partial charge in [-0.05, 0) is 20.8 Å². The fourth-order valence-electron chi connectivity index (χ4n) is 1.83. The van der Waals surface area contributed by atoms with Gasteiger partial charge in [-0.25, -0.2) is 4.98 Å². The van der Waals surface area contributed by atoms with Crippen molar-refractivity contribution in [1.29, 1.82) is 5.26 Å². The first kappa shape index (κ1) is 12.1. The maximum Gasteiger partial charge on any atom is 0.194 e. The molecule has 5 heteroatoms. The summed E-state index contributed by atoms with van der Waals surface area (Å²) in [4.78, 5) is 5.57. The molecule has 0 amide bonds. The molecule has 0 aromatic carbocycles. The van der Waals surface area contributed by atoms with E-state index < -0.39 is 0 Å².